The van der Waals surface area contributed by atoms with Crippen LogP contribution in [0.15, 0.2) is 24.3 Å². The Balaban J connectivity index is 2.49. The smallest absolute Gasteiger partial charge is 0.338 e. The van der Waals surface area contributed by atoms with Gasteiger partial charge in [-0.1, -0.05) is 6.07 Å². The van der Waals surface area contributed by atoms with Crippen LogP contribution >= 0.6 is 11.6 Å². The van der Waals surface area contributed by atoms with Crippen LogP contribution in [-0.2, 0) is 14.3 Å². The second-order valence-electron chi connectivity index (χ2n) is 4.51. The van der Waals surface area contributed by atoms with E-state index in [1.807, 2.05) is 0 Å². The van der Waals surface area contributed by atoms with Gasteiger partial charge in [0.2, 0.25) is 11.8 Å². The number of halogens is 1. The van der Waals surface area contributed by atoms with Crippen LogP contribution in [0.1, 0.15) is 30.6 Å². The lowest BCUT2D eigenvalue weighted by Gasteiger charge is -2.08. The Kier molecular flexibility index (Phi) is 7.39. The molecule has 0 aliphatic rings. The van der Waals surface area contributed by atoms with Gasteiger partial charge in [-0.15, -0.1) is 11.6 Å². The fraction of sp³-hybridized carbons (Fsp3) is 0.400. The van der Waals surface area contributed by atoms with E-state index >= 15 is 0 Å². The van der Waals surface area contributed by atoms with E-state index in [-0.39, 0.29) is 31.4 Å². The number of hydrogen-bond acceptors (Lipinski definition) is 4. The number of anilines is 1. The molecule has 0 fully saturated rings. The minimum absolute atomic E-state index is 0.110. The number of hydrogen-bond donors (Lipinski definition) is 2. The second kappa shape index (κ2) is 9.04. The van der Waals surface area contributed by atoms with Crippen molar-refractivity contribution in [3.8, 4) is 0 Å². The van der Waals surface area contributed by atoms with Crippen molar-refractivity contribution in [1.82, 2.24) is 5.32 Å². The molecule has 0 aliphatic carbocycles. The molecule has 2 N–H and O–H groups in total. The third-order valence-corrected chi connectivity index (χ3v) is 2.87. The van der Waals surface area contributed by atoms with Crippen molar-refractivity contribution in [1.29, 1.82) is 0 Å². The number of rotatable bonds is 7. The lowest BCUT2D eigenvalue weighted by atomic mass is 10.2. The first-order valence-corrected chi connectivity index (χ1v) is 7.36. The van der Waals surface area contributed by atoms with E-state index in [1.165, 1.54) is 6.07 Å². The summed E-state index contributed by atoms with van der Waals surface area (Å²) >= 11 is 5.59. The molecule has 6 nitrogen and oxygen atoms in total. The summed E-state index contributed by atoms with van der Waals surface area (Å²) in [6.45, 7) is 3.75. The van der Waals surface area contributed by atoms with Gasteiger partial charge in [-0.2, -0.15) is 0 Å². The number of carbonyl (C=O) groups is 3. The highest BCUT2D eigenvalue weighted by Crippen LogP contribution is 2.12. The van der Waals surface area contributed by atoms with E-state index in [9.17, 15) is 14.4 Å². The quantitative estimate of drug-likeness (QED) is 0.592. The molecule has 0 aromatic heterocycles. The van der Waals surface area contributed by atoms with Crippen LogP contribution in [0.25, 0.3) is 0 Å². The van der Waals surface area contributed by atoms with Gasteiger partial charge in [0.1, 0.15) is 5.38 Å². The van der Waals surface area contributed by atoms with Crippen LogP contribution in [0.2, 0.25) is 0 Å². The standard InChI is InChI=1S/C15H19ClN2O4/c1-3-22-15(21)11-5-4-6-12(9-11)18-13(19)7-8-17-14(20)10(2)16/h4-6,9-10H,3,7-8H2,1-2H3,(H,17,20)(H,18,19). The van der Waals surface area contributed by atoms with Gasteiger partial charge in [0, 0.05) is 18.7 Å². The molecule has 1 unspecified atom stereocenters. The third-order valence-electron chi connectivity index (χ3n) is 2.67. The van der Waals surface area contributed by atoms with E-state index in [0.29, 0.717) is 11.3 Å². The number of alkyl halides is 1. The Morgan fingerprint density at radius 1 is 1.32 bits per heavy atom. The minimum atomic E-state index is -0.635. The molecule has 1 aromatic carbocycles. The highest BCUT2D eigenvalue weighted by atomic mass is 35.5. The molecule has 0 aliphatic heterocycles. The van der Waals surface area contributed by atoms with Crippen LogP contribution in [0.5, 0.6) is 0 Å². The van der Waals surface area contributed by atoms with Crippen LogP contribution < -0.4 is 10.6 Å². The van der Waals surface area contributed by atoms with Gasteiger partial charge in [0.25, 0.3) is 0 Å². The van der Waals surface area contributed by atoms with E-state index in [2.05, 4.69) is 10.6 Å². The predicted octanol–water partition coefficient (Wildman–Crippen LogP) is 1.94. The normalized spacial score (nSPS) is 11.4. The van der Waals surface area contributed by atoms with Crippen molar-refractivity contribution in [3.05, 3.63) is 29.8 Å². The van der Waals surface area contributed by atoms with Gasteiger partial charge < -0.3 is 15.4 Å². The molecule has 1 aromatic rings. The first-order chi connectivity index (χ1) is 10.4. The maximum Gasteiger partial charge on any atom is 0.338 e. The first-order valence-electron chi connectivity index (χ1n) is 6.92. The van der Waals surface area contributed by atoms with E-state index in [4.69, 9.17) is 16.3 Å². The van der Waals surface area contributed by atoms with Crippen molar-refractivity contribution in [2.24, 2.45) is 0 Å². The highest BCUT2D eigenvalue weighted by molar-refractivity contribution is 6.30. The van der Waals surface area contributed by atoms with Gasteiger partial charge in [0.15, 0.2) is 0 Å². The Labute approximate surface area is 134 Å². The zero-order valence-electron chi connectivity index (χ0n) is 12.5. The van der Waals surface area contributed by atoms with Crippen molar-refractivity contribution >= 4 is 35.1 Å². The van der Waals surface area contributed by atoms with E-state index in [1.54, 1.807) is 32.0 Å². The minimum Gasteiger partial charge on any atom is -0.462 e. The molecule has 0 bridgehead atoms. The summed E-state index contributed by atoms with van der Waals surface area (Å²) in [5.41, 5.74) is 0.858. The van der Waals surface area contributed by atoms with Gasteiger partial charge in [-0.25, -0.2) is 4.79 Å². The second-order valence-corrected chi connectivity index (χ2v) is 5.16. The summed E-state index contributed by atoms with van der Waals surface area (Å²) in [5, 5.41) is 4.56. The summed E-state index contributed by atoms with van der Waals surface area (Å²) in [7, 11) is 0. The maximum atomic E-state index is 11.8. The topological polar surface area (TPSA) is 84.5 Å². The lowest BCUT2D eigenvalue weighted by molar-refractivity contribution is -0.120. The SMILES string of the molecule is CCOC(=O)c1cccc(NC(=O)CCNC(=O)C(C)Cl)c1. The van der Waals surface area contributed by atoms with Crippen molar-refractivity contribution in [2.45, 2.75) is 25.6 Å². The molecule has 22 heavy (non-hydrogen) atoms. The average molecular weight is 327 g/mol. The average Bonchev–Trinajstić information content (AvgIpc) is 2.47. The molecule has 0 radical (unpaired) electrons. The summed E-state index contributed by atoms with van der Waals surface area (Å²) in [4.78, 5) is 34.6. The molecule has 0 saturated heterocycles. The predicted molar refractivity (Wildman–Crippen MR) is 84.0 cm³/mol. The van der Waals surface area contributed by atoms with Gasteiger partial charge >= 0.3 is 5.97 Å². The first kappa shape index (κ1) is 18.0. The van der Waals surface area contributed by atoms with Crippen LogP contribution in [-0.4, -0.2) is 36.3 Å². The number of benzene rings is 1. The lowest BCUT2D eigenvalue weighted by Crippen LogP contribution is -2.32. The molecule has 0 spiro atoms. The monoisotopic (exact) mass is 326 g/mol. The zero-order chi connectivity index (χ0) is 16.5. The molecule has 1 atom stereocenters. The van der Waals surface area contributed by atoms with Crippen molar-refractivity contribution < 1.29 is 19.1 Å². The molecule has 0 saturated carbocycles. The van der Waals surface area contributed by atoms with Gasteiger partial charge in [-0.3, -0.25) is 9.59 Å². The number of nitrogens with one attached hydrogen (secondary N) is 2. The van der Waals surface area contributed by atoms with E-state index < -0.39 is 11.3 Å². The molecule has 2 amide bonds. The number of amides is 2. The molecule has 7 heteroatoms. The number of ether oxygens (including phenoxy) is 1. The van der Waals surface area contributed by atoms with Gasteiger partial charge in [0.05, 0.1) is 12.2 Å². The Morgan fingerprint density at radius 2 is 2.05 bits per heavy atom. The van der Waals surface area contributed by atoms with Crippen LogP contribution in [0.4, 0.5) is 5.69 Å². The van der Waals surface area contributed by atoms with Crippen molar-refractivity contribution in [2.75, 3.05) is 18.5 Å². The summed E-state index contributed by atoms with van der Waals surface area (Å²) < 4.78 is 4.89. The summed E-state index contributed by atoms with van der Waals surface area (Å²) in [5.74, 6) is -1.04. The molecule has 1 rings (SSSR count). The molecule has 0 heterocycles. The van der Waals surface area contributed by atoms with Crippen LogP contribution in [0.3, 0.4) is 0 Å². The Morgan fingerprint density at radius 3 is 2.68 bits per heavy atom. The molecular formula is C15H19ClN2O4. The zero-order valence-corrected chi connectivity index (χ0v) is 13.3. The third kappa shape index (κ3) is 6.13. The Bertz CT molecular complexity index is 546. The summed E-state index contributed by atoms with van der Waals surface area (Å²) in [6.07, 6.45) is 0.110. The fourth-order valence-corrected chi connectivity index (χ4v) is 1.68. The highest BCUT2D eigenvalue weighted by Gasteiger charge is 2.10. The van der Waals surface area contributed by atoms with Gasteiger partial charge in [-0.05, 0) is 32.0 Å². The number of esters is 1. The molecular weight excluding hydrogens is 308 g/mol. The van der Waals surface area contributed by atoms with Crippen LogP contribution in [0, 0.1) is 0 Å². The number of carbonyl (C=O) groups excluding carboxylic acids is 3. The largest absolute Gasteiger partial charge is 0.462 e. The van der Waals surface area contributed by atoms with Crippen molar-refractivity contribution in [3.63, 3.8) is 0 Å². The summed E-state index contributed by atoms with van der Waals surface area (Å²) in [6, 6.07) is 6.46. The maximum absolute atomic E-state index is 11.8. The molecule has 120 valence electrons. The fourth-order valence-electron chi connectivity index (χ4n) is 1.60. The Hall–Kier alpha value is -2.08. The van der Waals surface area contributed by atoms with E-state index in [0.717, 1.165) is 0 Å².